The van der Waals surface area contributed by atoms with Crippen molar-refractivity contribution in [1.82, 2.24) is 10.2 Å². The first-order chi connectivity index (χ1) is 14.0. The number of hydrogen-bond donors (Lipinski definition) is 1. The molecule has 0 aliphatic carbocycles. The van der Waals surface area contributed by atoms with Gasteiger partial charge < -0.3 is 15.2 Å². The molecule has 7 nitrogen and oxygen atoms in total. The first kappa shape index (κ1) is 19.1. The van der Waals surface area contributed by atoms with Crippen LogP contribution >= 0.6 is 11.9 Å². The van der Waals surface area contributed by atoms with Crippen LogP contribution in [-0.4, -0.2) is 34.1 Å². The molecule has 0 spiro atoms. The number of allylic oxidation sites excluding steroid dienone is 1. The molecular formula is C21H18N3O4S-. The van der Waals surface area contributed by atoms with Crippen LogP contribution < -0.4 is 14.7 Å². The molecule has 2 amide bonds. The lowest BCUT2D eigenvalue weighted by molar-refractivity contribution is -0.301. The number of para-hydroxylation sites is 1. The van der Waals surface area contributed by atoms with E-state index in [9.17, 15) is 19.5 Å². The zero-order chi connectivity index (χ0) is 20.5. The molecule has 0 radical (unpaired) electrons. The van der Waals surface area contributed by atoms with Crippen molar-refractivity contribution in [2.75, 3.05) is 4.31 Å². The number of rotatable bonds is 5. The Morgan fingerprint density at radius 3 is 2.31 bits per heavy atom. The molecule has 0 saturated carbocycles. The van der Waals surface area contributed by atoms with E-state index < -0.39 is 23.3 Å². The highest BCUT2D eigenvalue weighted by molar-refractivity contribution is 8.01. The number of amides is 2. The molecule has 0 aromatic heterocycles. The van der Waals surface area contributed by atoms with Crippen molar-refractivity contribution in [1.29, 1.82) is 0 Å². The largest absolute Gasteiger partial charge is 0.543 e. The number of carbonyl (C=O) groups is 3. The lowest BCUT2D eigenvalue weighted by Crippen LogP contribution is -2.72. The third kappa shape index (κ3) is 3.47. The fourth-order valence-corrected chi connectivity index (χ4v) is 4.78. The minimum absolute atomic E-state index is 0.145. The maximum Gasteiger partial charge on any atom is 0.253 e. The summed E-state index contributed by atoms with van der Waals surface area (Å²) in [6, 6.07) is 17.7. The Morgan fingerprint density at radius 1 is 1.07 bits per heavy atom. The van der Waals surface area contributed by atoms with Gasteiger partial charge in [-0.25, -0.2) is 0 Å². The predicted molar refractivity (Wildman–Crippen MR) is 107 cm³/mol. The van der Waals surface area contributed by atoms with Gasteiger partial charge in [-0.05, 0) is 36.6 Å². The molecule has 1 fully saturated rings. The van der Waals surface area contributed by atoms with Gasteiger partial charge in [-0.2, -0.15) is 0 Å². The number of nitrogens with one attached hydrogen (secondary N) is 1. The van der Waals surface area contributed by atoms with Crippen molar-refractivity contribution in [3.63, 3.8) is 0 Å². The third-order valence-electron chi connectivity index (χ3n) is 4.85. The van der Waals surface area contributed by atoms with Crippen LogP contribution in [0.4, 0.5) is 5.69 Å². The number of carbonyl (C=O) groups excluding carboxylic acids is 3. The van der Waals surface area contributed by atoms with E-state index in [1.54, 1.807) is 11.2 Å². The number of fused-ring (bicyclic) bond motifs is 1. The summed E-state index contributed by atoms with van der Waals surface area (Å²) in [7, 11) is 0. The van der Waals surface area contributed by atoms with Crippen LogP contribution in [0.1, 0.15) is 12.5 Å². The fraction of sp³-hybridized carbons (Fsp3) is 0.190. The summed E-state index contributed by atoms with van der Waals surface area (Å²) in [4.78, 5) is 38.0. The molecule has 0 bridgehead atoms. The summed E-state index contributed by atoms with van der Waals surface area (Å²) in [5, 5.41) is 14.0. The van der Waals surface area contributed by atoms with Gasteiger partial charge >= 0.3 is 0 Å². The van der Waals surface area contributed by atoms with Gasteiger partial charge in [0.2, 0.25) is 5.91 Å². The molecule has 8 heteroatoms. The van der Waals surface area contributed by atoms with Gasteiger partial charge in [0.15, 0.2) is 0 Å². The number of carboxylic acids is 1. The number of nitrogens with zero attached hydrogens (tertiary/aromatic N) is 2. The average molecular weight is 408 g/mol. The Hall–Kier alpha value is -3.26. The fourth-order valence-electron chi connectivity index (χ4n) is 3.47. The molecule has 0 unspecified atom stereocenters. The molecule has 29 heavy (non-hydrogen) atoms. The second-order valence-electron chi connectivity index (χ2n) is 6.76. The molecule has 1 saturated heterocycles. The zero-order valence-corrected chi connectivity index (χ0v) is 16.4. The van der Waals surface area contributed by atoms with Gasteiger partial charge in [-0.1, -0.05) is 48.5 Å². The molecule has 2 atom stereocenters. The molecular weight excluding hydrogens is 390 g/mol. The van der Waals surface area contributed by atoms with Crippen LogP contribution in [0.3, 0.4) is 0 Å². The SMILES string of the molecule is CC1=C(C(=O)[O-])N2C(=O)[C@@H](NC(=O)Cc3ccccc3)[C@H]2SN1c1ccccc1. The standard InChI is InChI=1S/C21H19N3O4S/c1-13-18(21(27)28)23-19(26)17(22-16(25)12-14-8-4-2-5-9-14)20(23)29-24(13)15-10-6-3-7-11-15/h2-11,17,20H,12H2,1H3,(H,22,25)(H,27,28)/p-1/t17-,20-/m1/s1. The minimum Gasteiger partial charge on any atom is -0.543 e. The molecule has 2 aromatic rings. The van der Waals surface area contributed by atoms with E-state index in [0.29, 0.717) is 5.70 Å². The van der Waals surface area contributed by atoms with Crippen molar-refractivity contribution in [2.45, 2.75) is 24.8 Å². The van der Waals surface area contributed by atoms with Crippen LogP contribution in [0.2, 0.25) is 0 Å². The van der Waals surface area contributed by atoms with Crippen LogP contribution in [0.15, 0.2) is 72.1 Å². The van der Waals surface area contributed by atoms with Crippen molar-refractivity contribution in [2.24, 2.45) is 0 Å². The van der Waals surface area contributed by atoms with Crippen LogP contribution in [0.5, 0.6) is 0 Å². The highest BCUT2D eigenvalue weighted by Gasteiger charge is 2.54. The van der Waals surface area contributed by atoms with Crippen molar-refractivity contribution < 1.29 is 19.5 Å². The quantitative estimate of drug-likeness (QED) is 0.587. The van der Waals surface area contributed by atoms with Crippen molar-refractivity contribution in [3.8, 4) is 0 Å². The van der Waals surface area contributed by atoms with Gasteiger partial charge in [0, 0.05) is 0 Å². The Kier molecular flexibility index (Phi) is 5.02. The van der Waals surface area contributed by atoms with E-state index in [1.807, 2.05) is 60.7 Å². The number of carboxylic acid groups (broad SMARTS) is 1. The zero-order valence-electron chi connectivity index (χ0n) is 15.6. The van der Waals surface area contributed by atoms with Crippen molar-refractivity contribution >= 4 is 35.4 Å². The molecule has 2 aliphatic rings. The van der Waals surface area contributed by atoms with Gasteiger partial charge in [0.1, 0.15) is 11.4 Å². The first-order valence-corrected chi connectivity index (χ1v) is 9.91. The van der Waals surface area contributed by atoms with E-state index in [-0.39, 0.29) is 18.0 Å². The summed E-state index contributed by atoms with van der Waals surface area (Å²) < 4.78 is 1.76. The van der Waals surface area contributed by atoms with E-state index in [4.69, 9.17) is 0 Å². The number of anilines is 1. The maximum atomic E-state index is 12.6. The number of hydrogen-bond acceptors (Lipinski definition) is 6. The first-order valence-electron chi connectivity index (χ1n) is 9.08. The Bertz CT molecular complexity index is 994. The average Bonchev–Trinajstić information content (AvgIpc) is 2.73. The number of aliphatic carboxylic acids is 1. The van der Waals surface area contributed by atoms with Crippen LogP contribution in [0.25, 0.3) is 0 Å². The number of β-lactam (4-membered cyclic amide) rings is 1. The number of benzene rings is 2. The third-order valence-corrected chi connectivity index (χ3v) is 6.25. The lowest BCUT2D eigenvalue weighted by Gasteiger charge is -2.53. The highest BCUT2D eigenvalue weighted by Crippen LogP contribution is 2.45. The van der Waals surface area contributed by atoms with E-state index >= 15 is 0 Å². The normalized spacial score (nSPS) is 20.8. The van der Waals surface area contributed by atoms with E-state index in [0.717, 1.165) is 11.3 Å². The Balaban J connectivity index is 1.57. The van der Waals surface area contributed by atoms with Crippen LogP contribution in [0, 0.1) is 0 Å². The highest BCUT2D eigenvalue weighted by atomic mass is 32.2. The minimum atomic E-state index is -1.42. The second-order valence-corrected chi connectivity index (χ2v) is 7.82. The summed E-state index contributed by atoms with van der Waals surface area (Å²) in [6.07, 6.45) is 0.145. The Labute approximate surface area is 172 Å². The molecule has 148 valence electrons. The molecule has 2 aliphatic heterocycles. The molecule has 2 heterocycles. The van der Waals surface area contributed by atoms with Gasteiger partial charge in [-0.3, -0.25) is 18.8 Å². The summed E-state index contributed by atoms with van der Waals surface area (Å²) in [6.45, 7) is 1.63. The lowest BCUT2D eigenvalue weighted by atomic mass is 10.0. The smallest absolute Gasteiger partial charge is 0.253 e. The van der Waals surface area contributed by atoms with Crippen molar-refractivity contribution in [3.05, 3.63) is 77.6 Å². The Morgan fingerprint density at radius 2 is 1.69 bits per heavy atom. The second kappa shape index (κ2) is 7.63. The summed E-state index contributed by atoms with van der Waals surface area (Å²) in [5.74, 6) is -2.16. The molecule has 2 aromatic carbocycles. The molecule has 4 rings (SSSR count). The summed E-state index contributed by atoms with van der Waals surface area (Å²) in [5.41, 5.74) is 1.85. The van der Waals surface area contributed by atoms with Crippen LogP contribution in [-0.2, 0) is 20.8 Å². The topological polar surface area (TPSA) is 92.8 Å². The molecule has 1 N–H and O–H groups in total. The van der Waals surface area contributed by atoms with Gasteiger partial charge in [-0.15, -0.1) is 0 Å². The van der Waals surface area contributed by atoms with E-state index in [1.165, 1.54) is 16.8 Å². The maximum absolute atomic E-state index is 12.6. The monoisotopic (exact) mass is 408 g/mol. The summed E-state index contributed by atoms with van der Waals surface area (Å²) >= 11 is 1.30. The van der Waals surface area contributed by atoms with E-state index in [2.05, 4.69) is 5.32 Å². The van der Waals surface area contributed by atoms with Gasteiger partial charge in [0.05, 0.1) is 29.5 Å². The predicted octanol–water partition coefficient (Wildman–Crippen LogP) is 1.03. The van der Waals surface area contributed by atoms with Gasteiger partial charge in [0.25, 0.3) is 5.91 Å².